The lowest BCUT2D eigenvalue weighted by atomic mass is 10.1. The predicted octanol–water partition coefficient (Wildman–Crippen LogP) is -1.93. The summed E-state index contributed by atoms with van der Waals surface area (Å²) >= 11 is 0. The number of aliphatic carboxylic acids is 2. The highest BCUT2D eigenvalue weighted by Crippen LogP contribution is 1.95. The van der Waals surface area contributed by atoms with E-state index >= 15 is 0 Å². The summed E-state index contributed by atoms with van der Waals surface area (Å²) in [5.41, 5.74) is 9.46. The molecule has 0 bridgehead atoms. The van der Waals surface area contributed by atoms with E-state index in [1.807, 2.05) is 0 Å². The predicted molar refractivity (Wildman–Crippen MR) is 57.0 cm³/mol. The zero-order valence-electron chi connectivity index (χ0n) is 9.10. The minimum atomic E-state index is -1.11. The largest absolute Gasteiger partial charge is 0.480 e. The van der Waals surface area contributed by atoms with E-state index in [-0.39, 0.29) is 19.5 Å². The molecule has 0 fully saturated rings. The minimum Gasteiger partial charge on any atom is -0.480 e. The highest BCUT2D eigenvalue weighted by molar-refractivity contribution is 5.73. The molecule has 0 aliphatic heterocycles. The number of nitrogens with two attached hydrogens (primary N) is 1. The first-order valence-corrected chi connectivity index (χ1v) is 4.89. The number of primary amides is 1. The molecule has 9 nitrogen and oxygen atoms in total. The average Bonchev–Trinajstić information content (AvgIpc) is 2.20. The first kappa shape index (κ1) is 15.1. The minimum absolute atomic E-state index is 0.224. The van der Waals surface area contributed by atoms with Crippen LogP contribution in [0.15, 0.2) is 0 Å². The van der Waals surface area contributed by atoms with Crippen molar-refractivity contribution in [3.8, 4) is 0 Å². The second kappa shape index (κ2) is 8.30. The van der Waals surface area contributed by atoms with E-state index in [9.17, 15) is 14.4 Å². The van der Waals surface area contributed by atoms with Crippen molar-refractivity contribution in [1.29, 1.82) is 0 Å². The number of hydrogen-bond acceptors (Lipinski definition) is 5. The number of amides is 2. The van der Waals surface area contributed by atoms with Gasteiger partial charge in [-0.3, -0.25) is 9.59 Å². The number of urea groups is 1. The number of hydrogen-bond donors (Lipinski definition) is 6. The third kappa shape index (κ3) is 9.08. The fourth-order valence-electron chi connectivity index (χ4n) is 1.02. The molecule has 2 amide bonds. The zero-order valence-corrected chi connectivity index (χ0v) is 9.10. The van der Waals surface area contributed by atoms with Crippen LogP contribution in [-0.4, -0.2) is 47.3 Å². The van der Waals surface area contributed by atoms with Crippen LogP contribution in [0.4, 0.5) is 4.79 Å². The Balaban J connectivity index is 3.79. The van der Waals surface area contributed by atoms with Crippen LogP contribution in [-0.2, 0) is 9.59 Å². The van der Waals surface area contributed by atoms with Gasteiger partial charge >= 0.3 is 18.0 Å². The zero-order chi connectivity index (χ0) is 13.3. The molecule has 0 aromatic heterocycles. The summed E-state index contributed by atoms with van der Waals surface area (Å²) in [5, 5.41) is 19.4. The molecule has 0 aliphatic carbocycles. The van der Waals surface area contributed by atoms with Crippen LogP contribution in [0.25, 0.3) is 0 Å². The van der Waals surface area contributed by atoms with Gasteiger partial charge in [-0.25, -0.2) is 15.6 Å². The molecular formula is C8H16N4O5. The molecule has 0 saturated carbocycles. The maximum absolute atomic E-state index is 10.7. The number of nitrogens with one attached hydrogen (secondary N) is 3. The molecule has 0 aromatic rings. The summed E-state index contributed by atoms with van der Waals surface area (Å²) in [5.74, 6) is -2.21. The molecule has 1 atom stereocenters. The molecule has 17 heavy (non-hydrogen) atoms. The van der Waals surface area contributed by atoms with Gasteiger partial charge in [-0.1, -0.05) is 0 Å². The molecule has 0 aromatic carbocycles. The molecule has 7 N–H and O–H groups in total. The number of carboxylic acid groups (broad SMARTS) is 2. The topological polar surface area (TPSA) is 154 Å². The van der Waals surface area contributed by atoms with Gasteiger partial charge in [0.2, 0.25) is 0 Å². The fourth-order valence-corrected chi connectivity index (χ4v) is 1.02. The summed E-state index contributed by atoms with van der Waals surface area (Å²) in [6.07, 6.45) is 0.629. The van der Waals surface area contributed by atoms with Gasteiger partial charge in [-0.2, -0.15) is 0 Å². The molecule has 0 heterocycles. The first-order chi connectivity index (χ1) is 7.93. The maximum Gasteiger partial charge on any atom is 0.322 e. The standard InChI is InChI=1S/C8H16N4O5/c9-8(17)10-3-1-2-5(7(15)16)12-11-4-6(13)14/h5,11-12H,1-4H2,(H,13,14)(H,15,16)(H3,9,10,17)/t5-/m0/s1. The summed E-state index contributed by atoms with van der Waals surface area (Å²) in [6.45, 7) is -0.122. The fraction of sp³-hybridized carbons (Fsp3) is 0.625. The molecule has 0 radical (unpaired) electrons. The van der Waals surface area contributed by atoms with Crippen molar-refractivity contribution in [2.75, 3.05) is 13.1 Å². The van der Waals surface area contributed by atoms with Crippen molar-refractivity contribution in [2.45, 2.75) is 18.9 Å². The van der Waals surface area contributed by atoms with Crippen molar-refractivity contribution in [1.82, 2.24) is 16.2 Å². The second-order valence-corrected chi connectivity index (χ2v) is 3.22. The van der Waals surface area contributed by atoms with Gasteiger partial charge in [0.05, 0.1) is 0 Å². The SMILES string of the molecule is NC(=O)NCCC[C@H](NNCC(=O)O)C(=O)O. The summed E-state index contributed by atoms with van der Waals surface area (Å²) in [6, 6.07) is -1.60. The lowest BCUT2D eigenvalue weighted by Crippen LogP contribution is -2.47. The van der Waals surface area contributed by atoms with Gasteiger partial charge in [0.25, 0.3) is 0 Å². The molecule has 0 spiro atoms. The van der Waals surface area contributed by atoms with E-state index in [1.165, 1.54) is 0 Å². The van der Waals surface area contributed by atoms with E-state index in [0.29, 0.717) is 6.42 Å². The third-order valence-electron chi connectivity index (χ3n) is 1.78. The molecule has 0 rings (SSSR count). The van der Waals surface area contributed by atoms with Crippen LogP contribution in [0.5, 0.6) is 0 Å². The van der Waals surface area contributed by atoms with Crippen LogP contribution < -0.4 is 21.9 Å². The Kier molecular flexibility index (Phi) is 7.39. The van der Waals surface area contributed by atoms with Gasteiger partial charge in [-0.05, 0) is 12.8 Å². The Morgan fingerprint density at radius 1 is 1.24 bits per heavy atom. The van der Waals surface area contributed by atoms with Crippen molar-refractivity contribution < 1.29 is 24.6 Å². The molecule has 0 aliphatic rings. The lowest BCUT2D eigenvalue weighted by Gasteiger charge is -2.14. The highest BCUT2D eigenvalue weighted by Gasteiger charge is 2.16. The smallest absolute Gasteiger partial charge is 0.322 e. The number of carbonyl (C=O) groups is 3. The monoisotopic (exact) mass is 248 g/mol. The molecule has 0 unspecified atom stereocenters. The second-order valence-electron chi connectivity index (χ2n) is 3.22. The van der Waals surface area contributed by atoms with Crippen molar-refractivity contribution >= 4 is 18.0 Å². The maximum atomic E-state index is 10.7. The Labute approximate surface area is 97.3 Å². The van der Waals surface area contributed by atoms with Crippen LogP contribution in [0.2, 0.25) is 0 Å². The van der Waals surface area contributed by atoms with Gasteiger partial charge in [0.1, 0.15) is 12.6 Å². The van der Waals surface area contributed by atoms with E-state index < -0.39 is 24.0 Å². The number of rotatable bonds is 9. The van der Waals surface area contributed by atoms with Crippen molar-refractivity contribution in [3.05, 3.63) is 0 Å². The van der Waals surface area contributed by atoms with Gasteiger partial charge in [0, 0.05) is 6.54 Å². The number of carboxylic acids is 2. The molecular weight excluding hydrogens is 232 g/mol. The quantitative estimate of drug-likeness (QED) is 0.205. The van der Waals surface area contributed by atoms with Crippen molar-refractivity contribution in [2.24, 2.45) is 5.73 Å². The van der Waals surface area contributed by atoms with E-state index in [4.69, 9.17) is 15.9 Å². The van der Waals surface area contributed by atoms with E-state index in [1.54, 1.807) is 0 Å². The molecule has 9 heteroatoms. The summed E-state index contributed by atoms with van der Waals surface area (Å²) in [4.78, 5) is 31.2. The van der Waals surface area contributed by atoms with E-state index in [0.717, 1.165) is 0 Å². The number of hydrazine groups is 1. The summed E-state index contributed by atoms with van der Waals surface area (Å²) in [7, 11) is 0. The van der Waals surface area contributed by atoms with Crippen LogP contribution in [0.1, 0.15) is 12.8 Å². The van der Waals surface area contributed by atoms with Crippen molar-refractivity contribution in [3.63, 3.8) is 0 Å². The van der Waals surface area contributed by atoms with E-state index in [2.05, 4.69) is 16.2 Å². The van der Waals surface area contributed by atoms with Crippen LogP contribution in [0.3, 0.4) is 0 Å². The first-order valence-electron chi connectivity index (χ1n) is 4.89. The van der Waals surface area contributed by atoms with Gasteiger partial charge in [0.15, 0.2) is 0 Å². The Hall–Kier alpha value is -1.87. The van der Waals surface area contributed by atoms with Crippen LogP contribution in [0, 0.1) is 0 Å². The van der Waals surface area contributed by atoms with Crippen LogP contribution >= 0.6 is 0 Å². The Morgan fingerprint density at radius 2 is 1.88 bits per heavy atom. The lowest BCUT2D eigenvalue weighted by molar-refractivity contribution is -0.141. The Morgan fingerprint density at radius 3 is 2.35 bits per heavy atom. The molecule has 0 saturated heterocycles. The van der Waals surface area contributed by atoms with Gasteiger partial charge in [-0.15, -0.1) is 0 Å². The summed E-state index contributed by atoms with van der Waals surface area (Å²) < 4.78 is 0. The Bertz CT molecular complexity index is 283. The average molecular weight is 248 g/mol. The number of carbonyl (C=O) groups excluding carboxylic acids is 1. The highest BCUT2D eigenvalue weighted by atomic mass is 16.4. The molecule has 98 valence electrons. The normalized spacial score (nSPS) is 11.8. The third-order valence-corrected chi connectivity index (χ3v) is 1.78. The van der Waals surface area contributed by atoms with Gasteiger partial charge < -0.3 is 21.3 Å².